The number of carboxylic acid groups (broad SMARTS) is 1. The van der Waals surface area contributed by atoms with Crippen molar-refractivity contribution in [1.29, 1.82) is 0 Å². The van der Waals surface area contributed by atoms with Gasteiger partial charge in [0.25, 0.3) is 0 Å². The van der Waals surface area contributed by atoms with E-state index >= 15 is 0 Å². The summed E-state index contributed by atoms with van der Waals surface area (Å²) < 4.78 is 0. The van der Waals surface area contributed by atoms with Crippen molar-refractivity contribution in [1.82, 2.24) is 10.3 Å². The van der Waals surface area contributed by atoms with Crippen LogP contribution < -0.4 is 10.2 Å². The molecule has 0 aliphatic rings. The van der Waals surface area contributed by atoms with Crippen molar-refractivity contribution < 1.29 is 14.7 Å². The summed E-state index contributed by atoms with van der Waals surface area (Å²) in [5, 5.41) is 12.0. The fourth-order valence-electron chi connectivity index (χ4n) is 1.60. The number of amides is 1. The SMILES string of the molecule is CCNC(=O)CN(CC)c1nc(Cl)ccc1C(=O)O. The second kappa shape index (κ2) is 6.94. The van der Waals surface area contributed by atoms with E-state index in [1.54, 1.807) is 4.90 Å². The number of pyridine rings is 1. The van der Waals surface area contributed by atoms with Crippen molar-refractivity contribution in [3.05, 3.63) is 22.8 Å². The van der Waals surface area contributed by atoms with Crippen molar-refractivity contribution in [2.24, 2.45) is 0 Å². The Morgan fingerprint density at radius 3 is 2.63 bits per heavy atom. The van der Waals surface area contributed by atoms with Gasteiger partial charge in [0.05, 0.1) is 6.54 Å². The second-order valence-corrected chi connectivity index (χ2v) is 4.17. The highest BCUT2D eigenvalue weighted by atomic mass is 35.5. The van der Waals surface area contributed by atoms with Crippen LogP contribution in [0.1, 0.15) is 24.2 Å². The summed E-state index contributed by atoms with van der Waals surface area (Å²) in [6, 6.07) is 2.79. The Morgan fingerprint density at radius 2 is 2.11 bits per heavy atom. The van der Waals surface area contributed by atoms with Gasteiger partial charge in [-0.2, -0.15) is 0 Å². The number of likely N-dealkylation sites (N-methyl/N-ethyl adjacent to an activating group) is 2. The normalized spacial score (nSPS) is 10.1. The minimum absolute atomic E-state index is 0.0237. The van der Waals surface area contributed by atoms with Gasteiger partial charge in [-0.15, -0.1) is 0 Å². The molecule has 2 N–H and O–H groups in total. The number of aromatic nitrogens is 1. The third-order valence-electron chi connectivity index (χ3n) is 2.46. The van der Waals surface area contributed by atoms with E-state index in [0.29, 0.717) is 13.1 Å². The Morgan fingerprint density at radius 1 is 1.42 bits per heavy atom. The number of carbonyl (C=O) groups excluding carboxylic acids is 1. The topological polar surface area (TPSA) is 82.5 Å². The van der Waals surface area contributed by atoms with Crippen LogP contribution in [0.4, 0.5) is 5.82 Å². The molecule has 7 heteroatoms. The van der Waals surface area contributed by atoms with Crippen molar-refractivity contribution in [2.45, 2.75) is 13.8 Å². The summed E-state index contributed by atoms with van der Waals surface area (Å²) in [7, 11) is 0. The predicted molar refractivity (Wildman–Crippen MR) is 72.8 cm³/mol. The minimum atomic E-state index is -1.10. The molecule has 0 saturated heterocycles. The number of anilines is 1. The number of carbonyl (C=O) groups is 2. The van der Waals surface area contributed by atoms with Gasteiger partial charge in [-0.05, 0) is 26.0 Å². The molecule has 0 saturated carbocycles. The van der Waals surface area contributed by atoms with Crippen molar-refractivity contribution in [2.75, 3.05) is 24.5 Å². The largest absolute Gasteiger partial charge is 0.478 e. The van der Waals surface area contributed by atoms with Gasteiger partial charge in [-0.25, -0.2) is 9.78 Å². The summed E-state index contributed by atoms with van der Waals surface area (Å²) in [6.07, 6.45) is 0. The number of aromatic carboxylic acids is 1. The zero-order valence-corrected chi connectivity index (χ0v) is 11.6. The lowest BCUT2D eigenvalue weighted by Gasteiger charge is -2.22. The average Bonchev–Trinajstić information content (AvgIpc) is 2.35. The van der Waals surface area contributed by atoms with Crippen LogP contribution in [0.2, 0.25) is 5.15 Å². The van der Waals surface area contributed by atoms with Gasteiger partial charge in [-0.1, -0.05) is 11.6 Å². The van der Waals surface area contributed by atoms with Gasteiger partial charge in [0, 0.05) is 13.1 Å². The molecule has 104 valence electrons. The van der Waals surface area contributed by atoms with E-state index in [-0.39, 0.29) is 29.0 Å². The quantitative estimate of drug-likeness (QED) is 0.772. The summed E-state index contributed by atoms with van der Waals surface area (Å²) in [5.41, 5.74) is 0.0237. The first-order chi connectivity index (χ1) is 8.99. The molecule has 6 nitrogen and oxygen atoms in total. The first kappa shape index (κ1) is 15.2. The highest BCUT2D eigenvalue weighted by Crippen LogP contribution is 2.20. The highest BCUT2D eigenvalue weighted by molar-refractivity contribution is 6.29. The van der Waals surface area contributed by atoms with Gasteiger partial charge in [0.2, 0.25) is 5.91 Å². The van der Waals surface area contributed by atoms with Crippen molar-refractivity contribution in [3.8, 4) is 0 Å². The third-order valence-corrected chi connectivity index (χ3v) is 2.67. The molecule has 0 bridgehead atoms. The van der Waals surface area contributed by atoms with Crippen LogP contribution in [0, 0.1) is 0 Å². The average molecular weight is 286 g/mol. The third kappa shape index (κ3) is 4.10. The number of halogens is 1. The number of carboxylic acids is 1. The number of nitrogens with zero attached hydrogens (tertiary/aromatic N) is 2. The first-order valence-electron chi connectivity index (χ1n) is 5.91. The van der Waals surface area contributed by atoms with Crippen LogP contribution in [-0.2, 0) is 4.79 Å². The maximum absolute atomic E-state index is 11.6. The first-order valence-corrected chi connectivity index (χ1v) is 6.28. The maximum Gasteiger partial charge on any atom is 0.339 e. The van der Waals surface area contributed by atoms with E-state index in [9.17, 15) is 9.59 Å². The van der Waals surface area contributed by atoms with E-state index in [1.807, 2.05) is 13.8 Å². The van der Waals surface area contributed by atoms with Crippen LogP contribution >= 0.6 is 11.6 Å². The van der Waals surface area contributed by atoms with Crippen LogP contribution in [0.25, 0.3) is 0 Å². The van der Waals surface area contributed by atoms with Crippen LogP contribution in [0.5, 0.6) is 0 Å². The Kier molecular flexibility index (Phi) is 5.57. The zero-order chi connectivity index (χ0) is 14.4. The number of hydrogen-bond donors (Lipinski definition) is 2. The smallest absolute Gasteiger partial charge is 0.339 e. The molecule has 0 aliphatic heterocycles. The monoisotopic (exact) mass is 285 g/mol. The Labute approximate surface area is 116 Å². The van der Waals surface area contributed by atoms with E-state index in [1.165, 1.54) is 12.1 Å². The molecule has 1 aromatic heterocycles. The lowest BCUT2D eigenvalue weighted by atomic mass is 10.2. The summed E-state index contributed by atoms with van der Waals surface area (Å²) in [5.74, 6) is -1.09. The van der Waals surface area contributed by atoms with E-state index in [2.05, 4.69) is 10.3 Å². The summed E-state index contributed by atoms with van der Waals surface area (Å²) in [4.78, 5) is 28.3. The second-order valence-electron chi connectivity index (χ2n) is 3.78. The summed E-state index contributed by atoms with van der Waals surface area (Å²) in [6.45, 7) is 4.63. The molecule has 1 amide bonds. The molecule has 0 fully saturated rings. The number of rotatable bonds is 6. The number of hydrogen-bond acceptors (Lipinski definition) is 4. The van der Waals surface area contributed by atoms with E-state index in [4.69, 9.17) is 16.7 Å². The van der Waals surface area contributed by atoms with Gasteiger partial charge in [0.15, 0.2) is 0 Å². The van der Waals surface area contributed by atoms with Gasteiger partial charge >= 0.3 is 5.97 Å². The van der Waals surface area contributed by atoms with Crippen LogP contribution in [0.15, 0.2) is 12.1 Å². The van der Waals surface area contributed by atoms with E-state index < -0.39 is 5.97 Å². The molecule has 0 radical (unpaired) electrons. The molecule has 0 spiro atoms. The highest BCUT2D eigenvalue weighted by Gasteiger charge is 2.19. The molecular formula is C12H16ClN3O3. The van der Waals surface area contributed by atoms with Crippen molar-refractivity contribution >= 4 is 29.3 Å². The molecule has 0 aromatic carbocycles. The molecule has 19 heavy (non-hydrogen) atoms. The fourth-order valence-corrected chi connectivity index (χ4v) is 1.74. The lowest BCUT2D eigenvalue weighted by molar-refractivity contribution is -0.119. The zero-order valence-electron chi connectivity index (χ0n) is 10.8. The standard InChI is InChI=1S/C12H16ClN3O3/c1-3-14-10(17)7-16(4-2)11-8(12(18)19)5-6-9(13)15-11/h5-6H,3-4,7H2,1-2H3,(H,14,17)(H,18,19). The molecule has 0 unspecified atom stereocenters. The summed E-state index contributed by atoms with van der Waals surface area (Å²) >= 11 is 5.79. The predicted octanol–water partition coefficient (Wildman–Crippen LogP) is 1.40. The molecule has 1 aromatic rings. The van der Waals surface area contributed by atoms with Crippen LogP contribution in [0.3, 0.4) is 0 Å². The molecular weight excluding hydrogens is 270 g/mol. The molecule has 0 atom stereocenters. The van der Waals surface area contributed by atoms with Crippen LogP contribution in [-0.4, -0.2) is 41.6 Å². The molecule has 1 heterocycles. The Hall–Kier alpha value is -1.82. The van der Waals surface area contributed by atoms with Gasteiger partial charge in [0.1, 0.15) is 16.5 Å². The fraction of sp³-hybridized carbons (Fsp3) is 0.417. The molecule has 0 aliphatic carbocycles. The number of nitrogens with one attached hydrogen (secondary N) is 1. The maximum atomic E-state index is 11.6. The van der Waals surface area contributed by atoms with E-state index in [0.717, 1.165) is 0 Å². The Balaban J connectivity index is 3.06. The van der Waals surface area contributed by atoms with Gasteiger partial charge in [-0.3, -0.25) is 4.79 Å². The molecule has 1 rings (SSSR count). The minimum Gasteiger partial charge on any atom is -0.478 e. The Bertz CT molecular complexity index is 479. The van der Waals surface area contributed by atoms with Gasteiger partial charge < -0.3 is 15.3 Å². The van der Waals surface area contributed by atoms with Crippen molar-refractivity contribution in [3.63, 3.8) is 0 Å². The lowest BCUT2D eigenvalue weighted by Crippen LogP contribution is -2.38.